The van der Waals surface area contributed by atoms with Gasteiger partial charge in [-0.2, -0.15) is 5.10 Å². The van der Waals surface area contributed by atoms with E-state index >= 15 is 0 Å². The molecule has 110 valence electrons. The second-order valence-electron chi connectivity index (χ2n) is 5.40. The number of nitrogens with two attached hydrogens (primary N) is 1. The minimum absolute atomic E-state index is 0.0327. The van der Waals surface area contributed by atoms with E-state index in [-0.39, 0.29) is 11.5 Å². The highest BCUT2D eigenvalue weighted by Gasteiger charge is 2.26. The van der Waals surface area contributed by atoms with Crippen LogP contribution in [0.4, 0.5) is 0 Å². The van der Waals surface area contributed by atoms with Crippen molar-refractivity contribution >= 4 is 25.8 Å². The molecule has 0 amide bonds. The van der Waals surface area contributed by atoms with Gasteiger partial charge in [-0.1, -0.05) is 6.92 Å². The van der Waals surface area contributed by atoms with Gasteiger partial charge in [0.2, 0.25) is 0 Å². The van der Waals surface area contributed by atoms with Crippen molar-refractivity contribution in [2.24, 2.45) is 5.73 Å². The number of aryl methyl sites for hydroxylation is 2. The highest BCUT2D eigenvalue weighted by Crippen LogP contribution is 2.25. The van der Waals surface area contributed by atoms with Crippen molar-refractivity contribution in [1.82, 2.24) is 9.78 Å². The smallest absolute Gasteiger partial charge is 0.157 e. The summed E-state index contributed by atoms with van der Waals surface area (Å²) in [4.78, 5) is 0. The Morgan fingerprint density at radius 2 is 1.95 bits per heavy atom. The van der Waals surface area contributed by atoms with Crippen LogP contribution in [0.25, 0.3) is 0 Å². The predicted molar refractivity (Wildman–Crippen MR) is 80.7 cm³/mol. The van der Waals surface area contributed by atoms with Gasteiger partial charge in [0.05, 0.1) is 27.4 Å². The van der Waals surface area contributed by atoms with Gasteiger partial charge in [-0.3, -0.25) is 4.68 Å². The molecule has 1 aromatic heterocycles. The van der Waals surface area contributed by atoms with Gasteiger partial charge in [-0.25, -0.2) is 8.42 Å². The second-order valence-corrected chi connectivity index (χ2v) is 8.26. The van der Waals surface area contributed by atoms with Crippen LogP contribution in [0, 0.1) is 0 Å². The van der Waals surface area contributed by atoms with E-state index < -0.39 is 15.4 Å². The molecule has 0 aliphatic heterocycles. The molecule has 0 aromatic carbocycles. The first-order chi connectivity index (χ1) is 8.59. The van der Waals surface area contributed by atoms with Gasteiger partial charge in [0.25, 0.3) is 0 Å². The lowest BCUT2D eigenvalue weighted by Crippen LogP contribution is -2.40. The van der Waals surface area contributed by atoms with E-state index in [0.29, 0.717) is 12.2 Å². The molecule has 5 nitrogen and oxygen atoms in total. The van der Waals surface area contributed by atoms with Gasteiger partial charge in [0, 0.05) is 12.1 Å². The van der Waals surface area contributed by atoms with E-state index in [1.807, 2.05) is 13.8 Å². The van der Waals surface area contributed by atoms with Crippen LogP contribution in [-0.4, -0.2) is 29.5 Å². The van der Waals surface area contributed by atoms with Crippen LogP contribution in [0.5, 0.6) is 0 Å². The Balaban J connectivity index is 3.09. The molecule has 0 aliphatic carbocycles. The molecule has 1 rings (SSSR count). The molecule has 0 unspecified atom stereocenters. The lowest BCUT2D eigenvalue weighted by atomic mass is 10.1. The molecule has 0 bridgehead atoms. The Morgan fingerprint density at radius 3 is 2.37 bits per heavy atom. The molecule has 0 fully saturated rings. The third-order valence-corrected chi connectivity index (χ3v) is 5.46. The number of hydrogen-bond acceptors (Lipinski definition) is 4. The number of aromatic nitrogens is 2. The number of rotatable bonds is 6. The SMILES string of the molecule is CCc1nn(CC)c(CS(=O)(=O)CC(C)(C)N)c1Br. The van der Waals surface area contributed by atoms with Gasteiger partial charge in [0.15, 0.2) is 9.84 Å². The van der Waals surface area contributed by atoms with Gasteiger partial charge in [-0.05, 0) is 43.1 Å². The predicted octanol–water partition coefficient (Wildman–Crippen LogP) is 1.88. The summed E-state index contributed by atoms with van der Waals surface area (Å²) in [6.45, 7) is 8.02. The molecule has 0 spiro atoms. The molecule has 2 N–H and O–H groups in total. The first-order valence-corrected chi connectivity index (χ1v) is 8.94. The molecule has 0 saturated carbocycles. The molecule has 0 atom stereocenters. The van der Waals surface area contributed by atoms with Crippen LogP contribution < -0.4 is 5.73 Å². The Morgan fingerprint density at radius 1 is 1.37 bits per heavy atom. The fourth-order valence-corrected chi connectivity index (χ4v) is 4.82. The summed E-state index contributed by atoms with van der Waals surface area (Å²) in [6.07, 6.45) is 0.767. The van der Waals surface area contributed by atoms with Crippen LogP contribution in [0.3, 0.4) is 0 Å². The van der Waals surface area contributed by atoms with Gasteiger partial charge in [-0.15, -0.1) is 0 Å². The van der Waals surface area contributed by atoms with Crippen LogP contribution in [-0.2, 0) is 28.6 Å². The number of halogens is 1. The van der Waals surface area contributed by atoms with Crippen LogP contribution in [0.1, 0.15) is 39.1 Å². The maximum Gasteiger partial charge on any atom is 0.157 e. The molecule has 0 radical (unpaired) electrons. The maximum atomic E-state index is 12.2. The quantitative estimate of drug-likeness (QED) is 0.848. The first-order valence-electron chi connectivity index (χ1n) is 6.33. The highest BCUT2D eigenvalue weighted by atomic mass is 79.9. The van der Waals surface area contributed by atoms with Crippen LogP contribution in [0.15, 0.2) is 4.47 Å². The average Bonchev–Trinajstić information content (AvgIpc) is 2.52. The van der Waals surface area contributed by atoms with E-state index in [2.05, 4.69) is 21.0 Å². The van der Waals surface area contributed by atoms with E-state index in [1.165, 1.54) is 0 Å². The van der Waals surface area contributed by atoms with Crippen LogP contribution >= 0.6 is 15.9 Å². The molecular weight excluding hydrogens is 330 g/mol. The Bertz CT molecular complexity index is 544. The Labute approximate surface area is 123 Å². The zero-order valence-corrected chi connectivity index (χ0v) is 14.3. The molecule has 0 saturated heterocycles. The lowest BCUT2D eigenvalue weighted by molar-refractivity contribution is 0.540. The summed E-state index contributed by atoms with van der Waals surface area (Å²) in [5, 5.41) is 4.40. The third-order valence-electron chi connectivity index (χ3n) is 2.64. The molecule has 19 heavy (non-hydrogen) atoms. The zero-order valence-electron chi connectivity index (χ0n) is 11.9. The molecule has 7 heteroatoms. The summed E-state index contributed by atoms with van der Waals surface area (Å²) in [5.41, 5.74) is 6.68. The minimum Gasteiger partial charge on any atom is -0.325 e. The summed E-state index contributed by atoms with van der Waals surface area (Å²) in [5.74, 6) is -0.0716. The van der Waals surface area contributed by atoms with E-state index in [0.717, 1.165) is 16.6 Å². The molecule has 1 aromatic rings. The van der Waals surface area contributed by atoms with Crippen molar-refractivity contribution in [2.75, 3.05) is 5.75 Å². The van der Waals surface area contributed by atoms with E-state index in [9.17, 15) is 8.42 Å². The van der Waals surface area contributed by atoms with Crippen LogP contribution in [0.2, 0.25) is 0 Å². The first kappa shape index (κ1) is 16.7. The second kappa shape index (κ2) is 5.93. The van der Waals surface area contributed by atoms with Crippen molar-refractivity contribution in [1.29, 1.82) is 0 Å². The van der Waals surface area contributed by atoms with Gasteiger partial charge in [0.1, 0.15) is 0 Å². The highest BCUT2D eigenvalue weighted by molar-refractivity contribution is 9.10. The summed E-state index contributed by atoms with van der Waals surface area (Å²) in [6, 6.07) is 0. The number of hydrogen-bond donors (Lipinski definition) is 1. The van der Waals surface area contributed by atoms with Crippen molar-refractivity contribution < 1.29 is 8.42 Å². The lowest BCUT2D eigenvalue weighted by Gasteiger charge is -2.18. The summed E-state index contributed by atoms with van der Waals surface area (Å²) >= 11 is 3.46. The maximum absolute atomic E-state index is 12.2. The zero-order chi connectivity index (χ0) is 14.8. The molecule has 1 heterocycles. The normalized spacial score (nSPS) is 12.9. The van der Waals surface area contributed by atoms with Crippen molar-refractivity contribution in [2.45, 2.75) is 52.0 Å². The fourth-order valence-electron chi connectivity index (χ4n) is 1.98. The minimum atomic E-state index is -3.26. The van der Waals surface area contributed by atoms with E-state index in [1.54, 1.807) is 18.5 Å². The Kier molecular flexibility index (Phi) is 5.20. The Hall–Kier alpha value is -0.400. The van der Waals surface area contributed by atoms with Gasteiger partial charge < -0.3 is 5.73 Å². The third kappa shape index (κ3) is 4.57. The number of sulfone groups is 1. The molecule has 0 aliphatic rings. The fraction of sp³-hybridized carbons (Fsp3) is 0.750. The van der Waals surface area contributed by atoms with Crippen molar-refractivity contribution in [3.63, 3.8) is 0 Å². The van der Waals surface area contributed by atoms with E-state index in [4.69, 9.17) is 5.73 Å². The summed E-state index contributed by atoms with van der Waals surface area (Å²) in [7, 11) is -3.26. The largest absolute Gasteiger partial charge is 0.325 e. The van der Waals surface area contributed by atoms with Crippen molar-refractivity contribution in [3.05, 3.63) is 15.9 Å². The average molecular weight is 352 g/mol. The molecular formula is C12H22BrN3O2S. The van der Waals surface area contributed by atoms with Crippen molar-refractivity contribution in [3.8, 4) is 0 Å². The number of nitrogens with zero attached hydrogens (tertiary/aromatic N) is 2. The standard InChI is InChI=1S/C12H22BrN3O2S/c1-5-9-11(13)10(16(6-2)15-9)7-19(17,18)8-12(3,4)14/h5-8,14H2,1-4H3. The summed E-state index contributed by atoms with van der Waals surface area (Å²) < 4.78 is 26.9. The monoisotopic (exact) mass is 351 g/mol. The topological polar surface area (TPSA) is 78.0 Å². The van der Waals surface area contributed by atoms with Gasteiger partial charge >= 0.3 is 0 Å².